The first-order valence-corrected chi connectivity index (χ1v) is 4.68. The average Bonchev–Trinajstić information content (AvgIpc) is 3.02. The molecule has 0 aliphatic heterocycles. The fourth-order valence-corrected chi connectivity index (χ4v) is 1.17. The molecule has 0 atom stereocenters. The minimum absolute atomic E-state index is 0.113. The van der Waals surface area contributed by atoms with Gasteiger partial charge in [0.15, 0.2) is 0 Å². The lowest BCUT2D eigenvalue weighted by Gasteiger charge is -2.02. The van der Waals surface area contributed by atoms with E-state index in [1.807, 2.05) is 0 Å². The molecule has 1 aliphatic rings. The van der Waals surface area contributed by atoms with Crippen LogP contribution >= 0.6 is 0 Å². The van der Waals surface area contributed by atoms with Crippen molar-refractivity contribution in [3.05, 3.63) is 29.6 Å². The molecule has 0 radical (unpaired) electrons. The average molecular weight is 206 g/mol. The lowest BCUT2D eigenvalue weighted by atomic mass is 10.3. The zero-order valence-electron chi connectivity index (χ0n) is 7.93. The van der Waals surface area contributed by atoms with E-state index in [-0.39, 0.29) is 23.3 Å². The molecule has 1 saturated carbocycles. The zero-order chi connectivity index (χ0) is 10.8. The molecule has 0 unspecified atom stereocenters. The highest BCUT2D eigenvalue weighted by Gasteiger charge is 2.24. The van der Waals surface area contributed by atoms with Crippen molar-refractivity contribution >= 4 is 11.9 Å². The predicted octanol–water partition coefficient (Wildman–Crippen LogP) is 0.672. The summed E-state index contributed by atoms with van der Waals surface area (Å²) in [6, 6.07) is 4.62. The third-order valence-electron chi connectivity index (χ3n) is 2.11. The number of carboxylic acid groups (broad SMARTS) is 1. The Kier molecular flexibility index (Phi) is 2.37. The van der Waals surface area contributed by atoms with E-state index < -0.39 is 5.97 Å². The van der Waals surface area contributed by atoms with Crippen LogP contribution in [-0.2, 0) is 0 Å². The second-order valence-corrected chi connectivity index (χ2v) is 3.46. The van der Waals surface area contributed by atoms with Crippen molar-refractivity contribution in [2.24, 2.45) is 0 Å². The lowest BCUT2D eigenvalue weighted by Crippen LogP contribution is -2.26. The molecule has 1 aliphatic carbocycles. The van der Waals surface area contributed by atoms with E-state index in [1.54, 1.807) is 0 Å². The summed E-state index contributed by atoms with van der Waals surface area (Å²) in [6.45, 7) is 0. The monoisotopic (exact) mass is 206 g/mol. The number of hydrogen-bond donors (Lipinski definition) is 2. The molecular formula is C10H10N2O3. The lowest BCUT2D eigenvalue weighted by molar-refractivity contribution is 0.0690. The first kappa shape index (κ1) is 9.64. The fraction of sp³-hybridized carbons (Fsp3) is 0.300. The Hall–Kier alpha value is -1.91. The number of aromatic nitrogens is 1. The molecule has 0 aromatic carbocycles. The summed E-state index contributed by atoms with van der Waals surface area (Å²) in [5.41, 5.74) is 0.0419. The van der Waals surface area contributed by atoms with Crippen LogP contribution < -0.4 is 5.32 Å². The second-order valence-electron chi connectivity index (χ2n) is 3.46. The molecule has 5 heteroatoms. The number of nitrogens with one attached hydrogen (secondary N) is 1. The highest BCUT2D eigenvalue weighted by molar-refractivity contribution is 5.94. The largest absolute Gasteiger partial charge is 0.477 e. The number of aromatic carboxylic acids is 1. The van der Waals surface area contributed by atoms with Gasteiger partial charge in [0.25, 0.3) is 5.91 Å². The van der Waals surface area contributed by atoms with Crippen LogP contribution in [0, 0.1) is 0 Å². The number of rotatable bonds is 3. The van der Waals surface area contributed by atoms with E-state index in [4.69, 9.17) is 5.11 Å². The molecule has 1 amide bonds. The number of pyridine rings is 1. The molecule has 78 valence electrons. The SMILES string of the molecule is O=C(O)c1cccc(C(=O)NC2CC2)n1. The van der Waals surface area contributed by atoms with Gasteiger partial charge in [-0.2, -0.15) is 0 Å². The topological polar surface area (TPSA) is 79.3 Å². The Bertz CT molecular complexity index is 413. The number of carbonyl (C=O) groups excluding carboxylic acids is 1. The van der Waals surface area contributed by atoms with Gasteiger partial charge in [-0.25, -0.2) is 9.78 Å². The Morgan fingerprint density at radius 3 is 2.60 bits per heavy atom. The van der Waals surface area contributed by atoms with Crippen LogP contribution in [-0.4, -0.2) is 28.0 Å². The fourth-order valence-electron chi connectivity index (χ4n) is 1.17. The predicted molar refractivity (Wildman–Crippen MR) is 51.7 cm³/mol. The van der Waals surface area contributed by atoms with Crippen molar-refractivity contribution in [2.45, 2.75) is 18.9 Å². The summed E-state index contributed by atoms with van der Waals surface area (Å²) in [5, 5.41) is 11.4. The summed E-state index contributed by atoms with van der Waals surface area (Å²) in [4.78, 5) is 25.9. The molecule has 1 fully saturated rings. The second kappa shape index (κ2) is 3.68. The van der Waals surface area contributed by atoms with E-state index in [2.05, 4.69) is 10.3 Å². The van der Waals surface area contributed by atoms with Gasteiger partial charge in [-0.3, -0.25) is 4.79 Å². The van der Waals surface area contributed by atoms with E-state index in [0.717, 1.165) is 12.8 Å². The molecule has 1 aromatic rings. The smallest absolute Gasteiger partial charge is 0.354 e. The van der Waals surface area contributed by atoms with Crippen LogP contribution in [0.25, 0.3) is 0 Å². The van der Waals surface area contributed by atoms with Gasteiger partial charge in [-0.1, -0.05) is 6.07 Å². The van der Waals surface area contributed by atoms with Gasteiger partial charge in [0.05, 0.1) is 0 Å². The molecule has 0 bridgehead atoms. The van der Waals surface area contributed by atoms with Gasteiger partial charge in [-0.05, 0) is 25.0 Å². The number of carboxylic acids is 1. The van der Waals surface area contributed by atoms with Gasteiger partial charge >= 0.3 is 5.97 Å². The molecule has 2 rings (SSSR count). The number of carbonyl (C=O) groups is 2. The normalized spacial score (nSPS) is 14.7. The quantitative estimate of drug-likeness (QED) is 0.761. The van der Waals surface area contributed by atoms with Crippen LogP contribution in [0.15, 0.2) is 18.2 Å². The molecule has 0 spiro atoms. The third-order valence-corrected chi connectivity index (χ3v) is 2.11. The molecule has 0 saturated heterocycles. The van der Waals surface area contributed by atoms with Crippen molar-refractivity contribution < 1.29 is 14.7 Å². The van der Waals surface area contributed by atoms with Crippen LogP contribution in [0.5, 0.6) is 0 Å². The Labute approximate surface area is 86.1 Å². The van der Waals surface area contributed by atoms with E-state index in [0.29, 0.717) is 0 Å². The van der Waals surface area contributed by atoms with Crippen LogP contribution in [0.4, 0.5) is 0 Å². The highest BCUT2D eigenvalue weighted by atomic mass is 16.4. The molecule has 2 N–H and O–H groups in total. The van der Waals surface area contributed by atoms with Gasteiger partial charge in [0.1, 0.15) is 11.4 Å². The minimum atomic E-state index is -1.13. The van der Waals surface area contributed by atoms with Crippen molar-refractivity contribution in [1.29, 1.82) is 0 Å². The molecule has 15 heavy (non-hydrogen) atoms. The Morgan fingerprint density at radius 1 is 1.33 bits per heavy atom. The number of amides is 1. The van der Waals surface area contributed by atoms with Crippen LogP contribution in [0.3, 0.4) is 0 Å². The van der Waals surface area contributed by atoms with Crippen LogP contribution in [0.1, 0.15) is 33.8 Å². The van der Waals surface area contributed by atoms with E-state index in [1.165, 1.54) is 18.2 Å². The summed E-state index contributed by atoms with van der Waals surface area (Å²) in [5.74, 6) is -1.43. The van der Waals surface area contributed by atoms with Gasteiger partial charge < -0.3 is 10.4 Å². The molecule has 5 nitrogen and oxygen atoms in total. The van der Waals surface area contributed by atoms with Crippen LogP contribution in [0.2, 0.25) is 0 Å². The van der Waals surface area contributed by atoms with E-state index >= 15 is 0 Å². The Morgan fingerprint density at radius 2 is 2.00 bits per heavy atom. The van der Waals surface area contributed by atoms with Gasteiger partial charge in [0, 0.05) is 6.04 Å². The summed E-state index contributed by atoms with van der Waals surface area (Å²) in [6.07, 6.45) is 1.98. The first-order chi connectivity index (χ1) is 7.16. The van der Waals surface area contributed by atoms with Gasteiger partial charge in [0.2, 0.25) is 0 Å². The number of nitrogens with zero attached hydrogens (tertiary/aromatic N) is 1. The van der Waals surface area contributed by atoms with Gasteiger partial charge in [-0.15, -0.1) is 0 Å². The third kappa shape index (κ3) is 2.31. The highest BCUT2D eigenvalue weighted by Crippen LogP contribution is 2.19. The van der Waals surface area contributed by atoms with Crippen molar-refractivity contribution in [1.82, 2.24) is 10.3 Å². The van der Waals surface area contributed by atoms with Crippen molar-refractivity contribution in [2.75, 3.05) is 0 Å². The summed E-state index contributed by atoms with van der Waals surface area (Å²) >= 11 is 0. The standard InChI is InChI=1S/C10H10N2O3/c13-9(11-6-4-5-6)7-2-1-3-8(12-7)10(14)15/h1-3,6H,4-5H2,(H,11,13)(H,14,15). The molecule has 1 aromatic heterocycles. The maximum atomic E-state index is 11.5. The maximum absolute atomic E-state index is 11.5. The maximum Gasteiger partial charge on any atom is 0.354 e. The molecular weight excluding hydrogens is 196 g/mol. The summed E-state index contributed by atoms with van der Waals surface area (Å²) in [7, 11) is 0. The Balaban J connectivity index is 2.15. The van der Waals surface area contributed by atoms with Crippen molar-refractivity contribution in [3.8, 4) is 0 Å². The number of hydrogen-bond acceptors (Lipinski definition) is 3. The molecule has 1 heterocycles. The summed E-state index contributed by atoms with van der Waals surface area (Å²) < 4.78 is 0. The zero-order valence-corrected chi connectivity index (χ0v) is 7.93. The minimum Gasteiger partial charge on any atom is -0.477 e. The van der Waals surface area contributed by atoms with Crippen molar-refractivity contribution in [3.63, 3.8) is 0 Å². The van der Waals surface area contributed by atoms with E-state index in [9.17, 15) is 9.59 Å². The first-order valence-electron chi connectivity index (χ1n) is 4.68.